The molecule has 0 aromatic heterocycles. The zero-order chi connectivity index (χ0) is 12.4. The van der Waals surface area contributed by atoms with Crippen molar-refractivity contribution in [2.75, 3.05) is 0 Å². The number of nitrogens with zero attached hydrogens (tertiary/aromatic N) is 1. The first-order valence-corrected chi connectivity index (χ1v) is 5.15. The fourth-order valence-electron chi connectivity index (χ4n) is 1.50. The summed E-state index contributed by atoms with van der Waals surface area (Å²) in [5, 5.41) is 8.57. The molecule has 0 aliphatic rings. The Balaban J connectivity index is 2.59. The predicted octanol–water partition coefficient (Wildman–Crippen LogP) is 4.16. The Morgan fingerprint density at radius 3 is 2.53 bits per heavy atom. The van der Waals surface area contributed by atoms with Gasteiger partial charge < -0.3 is 0 Å². The smallest absolute Gasteiger partial charge is 0.149 e. The van der Waals surface area contributed by atoms with E-state index in [0.29, 0.717) is 5.56 Å². The van der Waals surface area contributed by atoms with Crippen molar-refractivity contribution in [1.82, 2.24) is 0 Å². The molecule has 2 rings (SSSR count). The maximum Gasteiger partial charge on any atom is 0.149 e. The van der Waals surface area contributed by atoms with Crippen molar-refractivity contribution in [3.8, 4) is 17.2 Å². The molecule has 1 nitrogen and oxygen atoms in total. The highest BCUT2D eigenvalue weighted by atomic mass is 35.5. The van der Waals surface area contributed by atoms with Gasteiger partial charge in [-0.05, 0) is 23.8 Å². The molecule has 0 bridgehead atoms. The van der Waals surface area contributed by atoms with E-state index in [9.17, 15) is 8.78 Å². The van der Waals surface area contributed by atoms with E-state index < -0.39 is 11.6 Å². The Bertz CT molecular complexity index is 617. The molecule has 0 radical (unpaired) electrons. The van der Waals surface area contributed by atoms with Gasteiger partial charge in [-0.25, -0.2) is 8.78 Å². The van der Waals surface area contributed by atoms with Crippen LogP contribution in [0.5, 0.6) is 0 Å². The van der Waals surface area contributed by atoms with Crippen LogP contribution in [-0.4, -0.2) is 0 Å². The lowest BCUT2D eigenvalue weighted by atomic mass is 10.0. The summed E-state index contributed by atoms with van der Waals surface area (Å²) in [7, 11) is 0. The van der Waals surface area contributed by atoms with Crippen molar-refractivity contribution in [1.29, 1.82) is 5.26 Å². The van der Waals surface area contributed by atoms with E-state index in [0.717, 1.165) is 6.07 Å². The standard InChI is InChI=1S/C13H6ClF2N/c14-11-3-1-2-10(13(11)16)8-4-5-9(7-17)12(15)6-8/h1-6H. The van der Waals surface area contributed by atoms with Gasteiger partial charge in [-0.15, -0.1) is 0 Å². The van der Waals surface area contributed by atoms with Crippen molar-refractivity contribution >= 4 is 11.6 Å². The van der Waals surface area contributed by atoms with Crippen LogP contribution in [0.1, 0.15) is 5.56 Å². The minimum absolute atomic E-state index is 0.0210. The van der Waals surface area contributed by atoms with Gasteiger partial charge in [-0.3, -0.25) is 0 Å². The maximum absolute atomic E-state index is 13.7. The fourth-order valence-corrected chi connectivity index (χ4v) is 1.67. The maximum atomic E-state index is 13.7. The lowest BCUT2D eigenvalue weighted by molar-refractivity contribution is 0.622. The van der Waals surface area contributed by atoms with Crippen LogP contribution in [0.4, 0.5) is 8.78 Å². The Morgan fingerprint density at radius 1 is 1.12 bits per heavy atom. The van der Waals surface area contributed by atoms with E-state index in [1.165, 1.54) is 24.3 Å². The highest BCUT2D eigenvalue weighted by Crippen LogP contribution is 2.28. The number of rotatable bonds is 1. The van der Waals surface area contributed by atoms with Crippen molar-refractivity contribution in [2.45, 2.75) is 0 Å². The second kappa shape index (κ2) is 4.52. The summed E-state index contributed by atoms with van der Waals surface area (Å²) in [6.45, 7) is 0. The van der Waals surface area contributed by atoms with Crippen molar-refractivity contribution < 1.29 is 8.78 Å². The van der Waals surface area contributed by atoms with Gasteiger partial charge in [0.15, 0.2) is 0 Å². The zero-order valence-electron chi connectivity index (χ0n) is 8.55. The average Bonchev–Trinajstić information content (AvgIpc) is 2.32. The summed E-state index contributed by atoms with van der Waals surface area (Å²) in [5.41, 5.74) is 0.485. The minimum Gasteiger partial charge on any atom is -0.206 e. The number of hydrogen-bond acceptors (Lipinski definition) is 1. The van der Waals surface area contributed by atoms with E-state index in [1.54, 1.807) is 12.1 Å². The topological polar surface area (TPSA) is 23.8 Å². The number of halogens is 3. The van der Waals surface area contributed by atoms with Crippen LogP contribution in [0.3, 0.4) is 0 Å². The largest absolute Gasteiger partial charge is 0.206 e. The van der Waals surface area contributed by atoms with Gasteiger partial charge in [-0.1, -0.05) is 29.8 Å². The zero-order valence-corrected chi connectivity index (χ0v) is 9.30. The molecular weight excluding hydrogens is 244 g/mol. The van der Waals surface area contributed by atoms with Crippen molar-refractivity contribution in [3.05, 3.63) is 58.6 Å². The number of benzene rings is 2. The molecule has 0 saturated heterocycles. The molecule has 0 fully saturated rings. The molecule has 4 heteroatoms. The highest BCUT2D eigenvalue weighted by Gasteiger charge is 2.10. The van der Waals surface area contributed by atoms with Gasteiger partial charge in [0.25, 0.3) is 0 Å². The first-order chi connectivity index (χ1) is 8.13. The molecule has 0 saturated carbocycles. The predicted molar refractivity (Wildman–Crippen MR) is 61.5 cm³/mol. The molecule has 0 amide bonds. The normalized spacial score (nSPS) is 10.0. The third-order valence-electron chi connectivity index (χ3n) is 2.35. The van der Waals surface area contributed by atoms with Crippen LogP contribution in [-0.2, 0) is 0 Å². The van der Waals surface area contributed by atoms with E-state index >= 15 is 0 Å². The molecule has 17 heavy (non-hydrogen) atoms. The quantitative estimate of drug-likeness (QED) is 0.745. The van der Waals surface area contributed by atoms with E-state index in [1.807, 2.05) is 0 Å². The summed E-state index contributed by atoms with van der Waals surface area (Å²) < 4.78 is 27.1. The number of nitriles is 1. The lowest BCUT2D eigenvalue weighted by Crippen LogP contribution is -1.89. The Labute approximate surface area is 102 Å². The molecule has 0 atom stereocenters. The van der Waals surface area contributed by atoms with Crippen molar-refractivity contribution in [3.63, 3.8) is 0 Å². The fraction of sp³-hybridized carbons (Fsp3) is 0. The Hall–Kier alpha value is -1.92. The second-order valence-corrected chi connectivity index (χ2v) is 3.82. The molecule has 0 aliphatic heterocycles. The van der Waals surface area contributed by atoms with E-state index in [-0.39, 0.29) is 16.1 Å². The van der Waals surface area contributed by atoms with E-state index in [2.05, 4.69) is 0 Å². The molecule has 84 valence electrons. The minimum atomic E-state index is -0.677. The third kappa shape index (κ3) is 2.13. The molecule has 0 unspecified atom stereocenters. The molecule has 0 aliphatic carbocycles. The average molecular weight is 250 g/mol. The lowest BCUT2D eigenvalue weighted by Gasteiger charge is -2.05. The third-order valence-corrected chi connectivity index (χ3v) is 2.64. The molecule has 0 heterocycles. The van der Waals surface area contributed by atoms with Gasteiger partial charge >= 0.3 is 0 Å². The summed E-state index contributed by atoms with van der Waals surface area (Å²) in [4.78, 5) is 0. The first kappa shape index (κ1) is 11.6. The highest BCUT2D eigenvalue weighted by molar-refractivity contribution is 6.31. The van der Waals surface area contributed by atoms with Crippen LogP contribution in [0.25, 0.3) is 11.1 Å². The summed E-state index contributed by atoms with van der Waals surface area (Å²) in [6.07, 6.45) is 0. The number of hydrogen-bond donors (Lipinski definition) is 0. The first-order valence-electron chi connectivity index (χ1n) is 4.77. The molecule has 2 aromatic carbocycles. The molecule has 0 spiro atoms. The van der Waals surface area contributed by atoms with Crippen LogP contribution >= 0.6 is 11.6 Å². The van der Waals surface area contributed by atoms with Crippen LogP contribution in [0.15, 0.2) is 36.4 Å². The molecule has 0 N–H and O–H groups in total. The molecule has 2 aromatic rings. The SMILES string of the molecule is N#Cc1ccc(-c2cccc(Cl)c2F)cc1F. The summed E-state index contributed by atoms with van der Waals surface area (Å²) >= 11 is 5.64. The Kier molecular flexibility index (Phi) is 3.08. The van der Waals surface area contributed by atoms with Crippen LogP contribution < -0.4 is 0 Å². The molecular formula is C13H6ClF2N. The van der Waals surface area contributed by atoms with Gasteiger partial charge in [0.1, 0.15) is 17.7 Å². The van der Waals surface area contributed by atoms with Crippen LogP contribution in [0.2, 0.25) is 5.02 Å². The second-order valence-electron chi connectivity index (χ2n) is 3.41. The van der Waals surface area contributed by atoms with Gasteiger partial charge in [0.2, 0.25) is 0 Å². The van der Waals surface area contributed by atoms with Gasteiger partial charge in [-0.2, -0.15) is 5.26 Å². The van der Waals surface area contributed by atoms with Gasteiger partial charge in [0.05, 0.1) is 10.6 Å². The Morgan fingerprint density at radius 2 is 1.88 bits per heavy atom. The summed E-state index contributed by atoms with van der Waals surface area (Å²) in [6, 6.07) is 10.1. The van der Waals surface area contributed by atoms with Crippen LogP contribution in [0, 0.1) is 23.0 Å². The van der Waals surface area contributed by atoms with Gasteiger partial charge in [0, 0.05) is 5.56 Å². The van der Waals surface area contributed by atoms with E-state index in [4.69, 9.17) is 16.9 Å². The summed E-state index contributed by atoms with van der Waals surface area (Å²) in [5.74, 6) is -1.28. The monoisotopic (exact) mass is 249 g/mol. The van der Waals surface area contributed by atoms with Crippen molar-refractivity contribution in [2.24, 2.45) is 0 Å².